The third kappa shape index (κ3) is 4.05. The molecule has 0 unspecified atom stereocenters. The second kappa shape index (κ2) is 6.51. The first-order valence-corrected chi connectivity index (χ1v) is 8.15. The minimum absolute atomic E-state index is 0.149. The van der Waals surface area contributed by atoms with Gasteiger partial charge >= 0.3 is 6.18 Å². The Balaban J connectivity index is 1.85. The smallest absolute Gasteiger partial charge is 0.352 e. The Morgan fingerprint density at radius 1 is 1.17 bits per heavy atom. The minimum Gasteiger partial charge on any atom is -0.352 e. The number of carbonyl (C=O) groups excluding carboxylic acids is 1. The molecular formula is C17H21F3N2O. The molecule has 1 saturated heterocycles. The van der Waals surface area contributed by atoms with Crippen molar-refractivity contribution in [1.82, 2.24) is 10.6 Å². The SMILES string of the molecule is O=C(NCC1CC1)c1ccc(C(F)(F)F)c(C2CCNCC2)c1. The topological polar surface area (TPSA) is 41.1 Å². The van der Waals surface area contributed by atoms with Crippen LogP contribution in [0.4, 0.5) is 13.2 Å². The lowest BCUT2D eigenvalue weighted by Crippen LogP contribution is -2.29. The zero-order valence-corrected chi connectivity index (χ0v) is 12.9. The molecule has 0 radical (unpaired) electrons. The molecule has 0 spiro atoms. The monoisotopic (exact) mass is 326 g/mol. The van der Waals surface area contributed by atoms with Crippen LogP contribution in [0, 0.1) is 5.92 Å². The fourth-order valence-corrected chi connectivity index (χ4v) is 3.09. The summed E-state index contributed by atoms with van der Waals surface area (Å²) in [6.45, 7) is 2.03. The van der Waals surface area contributed by atoms with Crippen LogP contribution < -0.4 is 10.6 Å². The van der Waals surface area contributed by atoms with Gasteiger partial charge in [0.05, 0.1) is 5.56 Å². The first-order chi connectivity index (χ1) is 10.9. The van der Waals surface area contributed by atoms with E-state index in [1.165, 1.54) is 12.1 Å². The molecule has 1 amide bonds. The molecule has 6 heteroatoms. The third-order valence-electron chi connectivity index (χ3n) is 4.65. The van der Waals surface area contributed by atoms with E-state index in [0.29, 0.717) is 44.0 Å². The van der Waals surface area contributed by atoms with E-state index in [1.807, 2.05) is 0 Å². The van der Waals surface area contributed by atoms with E-state index in [2.05, 4.69) is 10.6 Å². The average Bonchev–Trinajstić information content (AvgIpc) is 3.36. The highest BCUT2D eigenvalue weighted by Crippen LogP contribution is 2.38. The van der Waals surface area contributed by atoms with E-state index < -0.39 is 11.7 Å². The molecule has 3 nitrogen and oxygen atoms in total. The van der Waals surface area contributed by atoms with Crippen molar-refractivity contribution in [2.24, 2.45) is 5.92 Å². The van der Waals surface area contributed by atoms with Gasteiger partial charge in [-0.1, -0.05) is 0 Å². The van der Waals surface area contributed by atoms with Crippen molar-refractivity contribution in [2.45, 2.75) is 37.8 Å². The van der Waals surface area contributed by atoms with Gasteiger partial charge in [-0.3, -0.25) is 4.79 Å². The highest BCUT2D eigenvalue weighted by Gasteiger charge is 2.36. The fourth-order valence-electron chi connectivity index (χ4n) is 3.09. The van der Waals surface area contributed by atoms with E-state index in [1.54, 1.807) is 0 Å². The number of rotatable bonds is 4. The molecule has 1 aromatic rings. The summed E-state index contributed by atoms with van der Waals surface area (Å²) in [7, 11) is 0. The minimum atomic E-state index is -4.39. The van der Waals surface area contributed by atoms with Crippen LogP contribution in [-0.2, 0) is 6.18 Å². The quantitative estimate of drug-likeness (QED) is 0.891. The van der Waals surface area contributed by atoms with E-state index in [-0.39, 0.29) is 17.4 Å². The maximum absolute atomic E-state index is 13.3. The number of amides is 1. The zero-order chi connectivity index (χ0) is 16.4. The maximum atomic E-state index is 13.3. The van der Waals surface area contributed by atoms with Gasteiger partial charge in [0.25, 0.3) is 5.91 Å². The number of piperidine rings is 1. The van der Waals surface area contributed by atoms with Gasteiger partial charge in [0, 0.05) is 12.1 Å². The lowest BCUT2D eigenvalue weighted by molar-refractivity contribution is -0.138. The van der Waals surface area contributed by atoms with Crippen LogP contribution >= 0.6 is 0 Å². The average molecular weight is 326 g/mol. The summed E-state index contributed by atoms with van der Waals surface area (Å²) in [5.41, 5.74) is -0.0200. The van der Waals surface area contributed by atoms with Gasteiger partial charge in [-0.15, -0.1) is 0 Å². The Labute approximate surface area is 133 Å². The number of benzene rings is 1. The summed E-state index contributed by atoms with van der Waals surface area (Å²) in [6.07, 6.45) is -0.823. The second-order valence-electron chi connectivity index (χ2n) is 6.48. The first kappa shape index (κ1) is 16.3. The largest absolute Gasteiger partial charge is 0.416 e. The van der Waals surface area contributed by atoms with Crippen molar-refractivity contribution in [3.8, 4) is 0 Å². The first-order valence-electron chi connectivity index (χ1n) is 8.15. The van der Waals surface area contributed by atoms with Crippen molar-refractivity contribution in [3.05, 3.63) is 34.9 Å². The lowest BCUT2D eigenvalue weighted by Gasteiger charge is -2.26. The standard InChI is InChI=1S/C17H21F3N2O/c18-17(19,20)15-4-3-13(16(23)22-10-11-1-2-11)9-14(15)12-5-7-21-8-6-12/h3-4,9,11-12,21H,1-2,5-8,10H2,(H,22,23). The molecule has 23 heavy (non-hydrogen) atoms. The lowest BCUT2D eigenvalue weighted by atomic mass is 9.85. The van der Waals surface area contributed by atoms with Crippen LogP contribution in [0.2, 0.25) is 0 Å². The molecule has 1 aliphatic carbocycles. The Morgan fingerprint density at radius 3 is 2.48 bits per heavy atom. The number of hydrogen-bond acceptors (Lipinski definition) is 2. The molecule has 2 aliphatic rings. The molecule has 1 heterocycles. The Morgan fingerprint density at radius 2 is 1.87 bits per heavy atom. The summed E-state index contributed by atoms with van der Waals surface area (Å²) in [5.74, 6) is 0.113. The highest BCUT2D eigenvalue weighted by atomic mass is 19.4. The summed E-state index contributed by atoms with van der Waals surface area (Å²) in [4.78, 5) is 12.2. The molecule has 1 saturated carbocycles. The van der Waals surface area contributed by atoms with Crippen molar-refractivity contribution in [2.75, 3.05) is 19.6 Å². The number of alkyl halides is 3. The van der Waals surface area contributed by atoms with Gasteiger partial charge in [0.15, 0.2) is 0 Å². The number of carbonyl (C=O) groups is 1. The summed E-state index contributed by atoms with van der Waals surface area (Å²) in [6, 6.07) is 3.79. The van der Waals surface area contributed by atoms with Gasteiger partial charge < -0.3 is 10.6 Å². The Bertz CT molecular complexity index is 576. The Hall–Kier alpha value is -1.56. The van der Waals surface area contributed by atoms with Gasteiger partial charge in [0.1, 0.15) is 0 Å². The molecule has 0 bridgehead atoms. The summed E-state index contributed by atoms with van der Waals surface area (Å²) < 4.78 is 39.8. The van der Waals surface area contributed by atoms with E-state index in [4.69, 9.17) is 0 Å². The van der Waals surface area contributed by atoms with Crippen molar-refractivity contribution in [1.29, 1.82) is 0 Å². The van der Waals surface area contributed by atoms with Crippen LogP contribution in [-0.4, -0.2) is 25.5 Å². The number of hydrogen-bond donors (Lipinski definition) is 2. The van der Waals surface area contributed by atoms with Gasteiger partial charge in [0.2, 0.25) is 0 Å². The van der Waals surface area contributed by atoms with Crippen LogP contribution in [0.1, 0.15) is 53.1 Å². The summed E-state index contributed by atoms with van der Waals surface area (Å²) >= 11 is 0. The fraction of sp³-hybridized carbons (Fsp3) is 0.588. The Kier molecular flexibility index (Phi) is 4.62. The third-order valence-corrected chi connectivity index (χ3v) is 4.65. The van der Waals surface area contributed by atoms with E-state index >= 15 is 0 Å². The highest BCUT2D eigenvalue weighted by molar-refractivity contribution is 5.94. The van der Waals surface area contributed by atoms with Gasteiger partial charge in [-0.05, 0) is 74.4 Å². The molecule has 2 N–H and O–H groups in total. The molecule has 1 aliphatic heterocycles. The molecule has 0 atom stereocenters. The number of nitrogens with one attached hydrogen (secondary N) is 2. The van der Waals surface area contributed by atoms with Crippen molar-refractivity contribution in [3.63, 3.8) is 0 Å². The van der Waals surface area contributed by atoms with Crippen LogP contribution in [0.25, 0.3) is 0 Å². The van der Waals surface area contributed by atoms with Crippen LogP contribution in [0.15, 0.2) is 18.2 Å². The van der Waals surface area contributed by atoms with Crippen LogP contribution in [0.3, 0.4) is 0 Å². The predicted octanol–water partition coefficient (Wildman–Crippen LogP) is 3.31. The van der Waals surface area contributed by atoms with Crippen molar-refractivity contribution < 1.29 is 18.0 Å². The molecule has 2 fully saturated rings. The van der Waals surface area contributed by atoms with Crippen LogP contribution in [0.5, 0.6) is 0 Å². The van der Waals surface area contributed by atoms with Gasteiger partial charge in [-0.25, -0.2) is 0 Å². The molecule has 0 aromatic heterocycles. The maximum Gasteiger partial charge on any atom is 0.416 e. The van der Waals surface area contributed by atoms with E-state index in [0.717, 1.165) is 18.9 Å². The van der Waals surface area contributed by atoms with Gasteiger partial charge in [-0.2, -0.15) is 13.2 Å². The second-order valence-corrected chi connectivity index (χ2v) is 6.48. The van der Waals surface area contributed by atoms with E-state index in [9.17, 15) is 18.0 Å². The zero-order valence-electron chi connectivity index (χ0n) is 12.9. The molecule has 3 rings (SSSR count). The normalized spacial score (nSPS) is 19.6. The molecular weight excluding hydrogens is 305 g/mol. The van der Waals surface area contributed by atoms with Crippen molar-refractivity contribution >= 4 is 5.91 Å². The predicted molar refractivity (Wildman–Crippen MR) is 81.3 cm³/mol. The molecule has 126 valence electrons. The number of halogens is 3. The molecule has 1 aromatic carbocycles. The summed E-state index contributed by atoms with van der Waals surface area (Å²) in [5, 5.41) is 5.98.